The summed E-state index contributed by atoms with van der Waals surface area (Å²) in [5, 5.41) is 0. The number of pyridine rings is 1. The topological polar surface area (TPSA) is 48.1 Å². The zero-order chi connectivity index (χ0) is 12.1. The molecule has 0 atom stereocenters. The van der Waals surface area contributed by atoms with E-state index in [1.165, 1.54) is 25.7 Å². The lowest BCUT2D eigenvalue weighted by Crippen LogP contribution is -2.17. The van der Waals surface area contributed by atoms with E-state index in [0.29, 0.717) is 12.6 Å². The maximum absolute atomic E-state index is 6.07. The van der Waals surface area contributed by atoms with Gasteiger partial charge < -0.3 is 10.5 Å². The van der Waals surface area contributed by atoms with Crippen LogP contribution in [0.4, 0.5) is 0 Å². The molecule has 3 nitrogen and oxygen atoms in total. The van der Waals surface area contributed by atoms with Gasteiger partial charge in [0.05, 0.1) is 11.8 Å². The summed E-state index contributed by atoms with van der Waals surface area (Å²) >= 11 is 0. The zero-order valence-corrected chi connectivity index (χ0v) is 10.6. The van der Waals surface area contributed by atoms with Crippen molar-refractivity contribution in [3.05, 3.63) is 23.5 Å². The molecule has 1 aliphatic rings. The van der Waals surface area contributed by atoms with Crippen LogP contribution in [0, 0.1) is 6.92 Å². The van der Waals surface area contributed by atoms with Crippen LogP contribution < -0.4 is 10.5 Å². The molecule has 0 aromatic carbocycles. The summed E-state index contributed by atoms with van der Waals surface area (Å²) in [6.45, 7) is 2.43. The van der Waals surface area contributed by atoms with Crippen molar-refractivity contribution < 1.29 is 4.74 Å². The first-order chi connectivity index (χ1) is 8.29. The Labute approximate surface area is 103 Å². The molecule has 1 fully saturated rings. The third-order valence-electron chi connectivity index (χ3n) is 3.36. The van der Waals surface area contributed by atoms with Crippen molar-refractivity contribution in [2.75, 3.05) is 0 Å². The molecule has 0 amide bonds. The Hall–Kier alpha value is -1.09. The van der Waals surface area contributed by atoms with Gasteiger partial charge in [-0.3, -0.25) is 4.98 Å². The maximum Gasteiger partial charge on any atom is 0.142 e. The van der Waals surface area contributed by atoms with Crippen LogP contribution in [0.2, 0.25) is 0 Å². The SMILES string of the molecule is Cc1ccc(OC2CCCCCC2)c(CN)n1. The number of aryl methyl sites for hydroxylation is 1. The molecular formula is C14H22N2O. The molecule has 0 radical (unpaired) electrons. The summed E-state index contributed by atoms with van der Waals surface area (Å²) in [6, 6.07) is 4.00. The highest BCUT2D eigenvalue weighted by atomic mass is 16.5. The molecule has 17 heavy (non-hydrogen) atoms. The Kier molecular flexibility index (Phi) is 4.37. The van der Waals surface area contributed by atoms with Gasteiger partial charge in [0, 0.05) is 12.2 Å². The molecule has 1 saturated carbocycles. The second-order valence-corrected chi connectivity index (χ2v) is 4.83. The third kappa shape index (κ3) is 3.43. The molecule has 2 rings (SSSR count). The fourth-order valence-electron chi connectivity index (χ4n) is 2.39. The van der Waals surface area contributed by atoms with E-state index in [4.69, 9.17) is 10.5 Å². The first-order valence-corrected chi connectivity index (χ1v) is 6.63. The Morgan fingerprint density at radius 2 is 1.94 bits per heavy atom. The predicted molar refractivity (Wildman–Crippen MR) is 69.0 cm³/mol. The van der Waals surface area contributed by atoms with Crippen LogP contribution in [0.15, 0.2) is 12.1 Å². The fraction of sp³-hybridized carbons (Fsp3) is 0.643. The molecule has 0 aliphatic heterocycles. The van der Waals surface area contributed by atoms with Gasteiger partial charge in [-0.25, -0.2) is 0 Å². The summed E-state index contributed by atoms with van der Waals surface area (Å²) < 4.78 is 6.07. The van der Waals surface area contributed by atoms with E-state index >= 15 is 0 Å². The van der Waals surface area contributed by atoms with E-state index in [1.54, 1.807) is 0 Å². The molecule has 1 aromatic heterocycles. The van der Waals surface area contributed by atoms with Crippen LogP contribution in [-0.2, 0) is 6.54 Å². The van der Waals surface area contributed by atoms with Gasteiger partial charge in [0.2, 0.25) is 0 Å². The zero-order valence-electron chi connectivity index (χ0n) is 10.6. The molecule has 3 heteroatoms. The fourth-order valence-corrected chi connectivity index (χ4v) is 2.39. The van der Waals surface area contributed by atoms with E-state index in [2.05, 4.69) is 4.98 Å². The van der Waals surface area contributed by atoms with E-state index in [9.17, 15) is 0 Å². The highest BCUT2D eigenvalue weighted by Crippen LogP contribution is 2.24. The van der Waals surface area contributed by atoms with Crippen LogP contribution in [0.1, 0.15) is 49.9 Å². The van der Waals surface area contributed by atoms with E-state index in [-0.39, 0.29) is 0 Å². The quantitative estimate of drug-likeness (QED) is 0.818. The summed E-state index contributed by atoms with van der Waals surface area (Å²) in [6.07, 6.45) is 7.93. The summed E-state index contributed by atoms with van der Waals surface area (Å²) in [5.41, 5.74) is 7.60. The largest absolute Gasteiger partial charge is 0.488 e. The van der Waals surface area contributed by atoms with Crippen molar-refractivity contribution in [3.8, 4) is 5.75 Å². The van der Waals surface area contributed by atoms with Crippen molar-refractivity contribution >= 4 is 0 Å². The van der Waals surface area contributed by atoms with Crippen molar-refractivity contribution in [3.63, 3.8) is 0 Å². The second kappa shape index (κ2) is 6.01. The normalized spacial score (nSPS) is 17.8. The van der Waals surface area contributed by atoms with E-state index < -0.39 is 0 Å². The minimum absolute atomic E-state index is 0.354. The number of nitrogens with zero attached hydrogens (tertiary/aromatic N) is 1. The number of nitrogens with two attached hydrogens (primary N) is 1. The van der Waals surface area contributed by atoms with Crippen LogP contribution in [0.3, 0.4) is 0 Å². The van der Waals surface area contributed by atoms with Crippen LogP contribution in [-0.4, -0.2) is 11.1 Å². The monoisotopic (exact) mass is 234 g/mol. The van der Waals surface area contributed by atoms with Crippen LogP contribution in [0.5, 0.6) is 5.75 Å². The standard InChI is InChI=1S/C14H22N2O/c1-11-8-9-14(13(10-15)16-11)17-12-6-4-2-3-5-7-12/h8-9,12H,2-7,10,15H2,1H3. The molecule has 1 aliphatic carbocycles. The lowest BCUT2D eigenvalue weighted by molar-refractivity contribution is 0.181. The lowest BCUT2D eigenvalue weighted by atomic mass is 10.1. The minimum atomic E-state index is 0.354. The first kappa shape index (κ1) is 12.4. The van der Waals surface area contributed by atoms with Crippen molar-refractivity contribution in [2.45, 2.75) is 58.1 Å². The second-order valence-electron chi connectivity index (χ2n) is 4.83. The van der Waals surface area contributed by atoms with Crippen LogP contribution in [0.25, 0.3) is 0 Å². The van der Waals surface area contributed by atoms with Gasteiger partial charge in [-0.2, -0.15) is 0 Å². The number of ether oxygens (including phenoxy) is 1. The predicted octanol–water partition coefficient (Wildman–Crippen LogP) is 2.95. The summed E-state index contributed by atoms with van der Waals surface area (Å²) in [4.78, 5) is 4.43. The summed E-state index contributed by atoms with van der Waals surface area (Å²) in [5.74, 6) is 0.880. The third-order valence-corrected chi connectivity index (χ3v) is 3.36. The van der Waals surface area contributed by atoms with Crippen LogP contribution >= 0.6 is 0 Å². The average molecular weight is 234 g/mol. The Balaban J connectivity index is 2.06. The highest BCUT2D eigenvalue weighted by Gasteiger charge is 2.15. The van der Waals surface area contributed by atoms with Gasteiger partial charge in [-0.1, -0.05) is 12.8 Å². The Bertz CT molecular complexity index is 357. The summed E-state index contributed by atoms with van der Waals surface area (Å²) in [7, 11) is 0. The van der Waals surface area contributed by atoms with E-state index in [0.717, 1.165) is 30.0 Å². The molecule has 0 saturated heterocycles. The number of aromatic nitrogens is 1. The molecule has 0 spiro atoms. The average Bonchev–Trinajstić information content (AvgIpc) is 2.60. The molecular weight excluding hydrogens is 212 g/mol. The van der Waals surface area contributed by atoms with Crippen molar-refractivity contribution in [2.24, 2.45) is 5.73 Å². The van der Waals surface area contributed by atoms with Gasteiger partial charge in [0.1, 0.15) is 5.75 Å². The highest BCUT2D eigenvalue weighted by molar-refractivity contribution is 5.29. The molecule has 1 heterocycles. The number of rotatable bonds is 3. The maximum atomic E-state index is 6.07. The van der Waals surface area contributed by atoms with Gasteiger partial charge in [0.15, 0.2) is 0 Å². The molecule has 94 valence electrons. The minimum Gasteiger partial charge on any atom is -0.488 e. The van der Waals surface area contributed by atoms with Gasteiger partial charge in [-0.05, 0) is 44.7 Å². The molecule has 0 bridgehead atoms. The first-order valence-electron chi connectivity index (χ1n) is 6.63. The lowest BCUT2D eigenvalue weighted by Gasteiger charge is -2.18. The van der Waals surface area contributed by atoms with Gasteiger partial charge in [0.25, 0.3) is 0 Å². The molecule has 0 unspecified atom stereocenters. The smallest absolute Gasteiger partial charge is 0.142 e. The molecule has 2 N–H and O–H groups in total. The number of hydrogen-bond donors (Lipinski definition) is 1. The molecule has 1 aromatic rings. The number of hydrogen-bond acceptors (Lipinski definition) is 3. The van der Waals surface area contributed by atoms with Gasteiger partial charge >= 0.3 is 0 Å². The Morgan fingerprint density at radius 3 is 2.59 bits per heavy atom. The van der Waals surface area contributed by atoms with Crippen molar-refractivity contribution in [1.29, 1.82) is 0 Å². The van der Waals surface area contributed by atoms with E-state index in [1.807, 2.05) is 19.1 Å². The van der Waals surface area contributed by atoms with Crippen molar-refractivity contribution in [1.82, 2.24) is 4.98 Å². The van der Waals surface area contributed by atoms with Gasteiger partial charge in [-0.15, -0.1) is 0 Å². The Morgan fingerprint density at radius 1 is 1.24 bits per heavy atom.